The summed E-state index contributed by atoms with van der Waals surface area (Å²) in [6.07, 6.45) is 0. The van der Waals surface area contributed by atoms with Crippen LogP contribution in [0.25, 0.3) is 0 Å². The molecule has 0 unspecified atom stereocenters. The number of carbonyl (C=O) groups excluding carboxylic acids is 1. The lowest BCUT2D eigenvalue weighted by atomic mass is 10.2. The van der Waals surface area contributed by atoms with Crippen molar-refractivity contribution >= 4 is 17.3 Å². The van der Waals surface area contributed by atoms with Crippen molar-refractivity contribution in [1.29, 1.82) is 0 Å². The number of anilines is 2. The fourth-order valence-electron chi connectivity index (χ4n) is 1.89. The molecule has 110 valence electrons. The molecule has 0 aliphatic heterocycles. The Morgan fingerprint density at radius 1 is 1.19 bits per heavy atom. The monoisotopic (exact) mass is 286 g/mol. The molecule has 0 bridgehead atoms. The number of ether oxygens (including phenoxy) is 2. The molecule has 0 aliphatic carbocycles. The molecule has 0 saturated heterocycles. The van der Waals surface area contributed by atoms with Crippen LogP contribution in [0.1, 0.15) is 0 Å². The third-order valence-electron chi connectivity index (χ3n) is 3.04. The summed E-state index contributed by atoms with van der Waals surface area (Å²) in [6.45, 7) is -0.0714. The average Bonchev–Trinajstić information content (AvgIpc) is 2.52. The summed E-state index contributed by atoms with van der Waals surface area (Å²) in [5.74, 6) is 1.02. The van der Waals surface area contributed by atoms with E-state index in [1.807, 2.05) is 18.2 Å². The highest BCUT2D eigenvalue weighted by Crippen LogP contribution is 2.26. The van der Waals surface area contributed by atoms with Crippen LogP contribution in [-0.2, 0) is 4.79 Å². The first-order chi connectivity index (χ1) is 10.1. The second-order valence-electron chi connectivity index (χ2n) is 4.49. The van der Waals surface area contributed by atoms with Crippen LogP contribution in [0.2, 0.25) is 0 Å². The first-order valence-electron chi connectivity index (χ1n) is 6.49. The molecule has 5 nitrogen and oxygen atoms in total. The Hall–Kier alpha value is -2.69. The number of likely N-dealkylation sites (N-methyl/N-ethyl adjacent to an activating group) is 1. The molecule has 0 aromatic heterocycles. The maximum Gasteiger partial charge on any atom is 0.264 e. The summed E-state index contributed by atoms with van der Waals surface area (Å²) in [6, 6.07) is 14.3. The minimum absolute atomic E-state index is 0.0714. The smallest absolute Gasteiger partial charge is 0.264 e. The van der Waals surface area contributed by atoms with E-state index in [1.165, 1.54) is 4.90 Å². The van der Waals surface area contributed by atoms with E-state index in [1.54, 1.807) is 44.5 Å². The molecule has 0 heterocycles. The quantitative estimate of drug-likeness (QED) is 0.857. The molecule has 0 spiro atoms. The predicted molar refractivity (Wildman–Crippen MR) is 82.8 cm³/mol. The number of carbonyl (C=O) groups is 1. The van der Waals surface area contributed by atoms with Gasteiger partial charge in [0.25, 0.3) is 5.91 Å². The zero-order valence-electron chi connectivity index (χ0n) is 12.1. The predicted octanol–water partition coefficient (Wildman–Crippen LogP) is 2.32. The van der Waals surface area contributed by atoms with Crippen molar-refractivity contribution in [2.24, 2.45) is 0 Å². The minimum Gasteiger partial charge on any atom is -0.495 e. The number of nitrogens with zero attached hydrogens (tertiary/aromatic N) is 1. The van der Waals surface area contributed by atoms with Crippen molar-refractivity contribution in [3.8, 4) is 11.5 Å². The highest BCUT2D eigenvalue weighted by Gasteiger charge is 2.15. The summed E-state index contributed by atoms with van der Waals surface area (Å²) >= 11 is 0. The van der Waals surface area contributed by atoms with Crippen molar-refractivity contribution in [2.75, 3.05) is 31.4 Å². The third kappa shape index (κ3) is 3.66. The molecule has 0 atom stereocenters. The van der Waals surface area contributed by atoms with Crippen LogP contribution in [0.4, 0.5) is 11.4 Å². The summed E-state index contributed by atoms with van der Waals surface area (Å²) in [7, 11) is 3.25. The molecule has 1 amide bonds. The summed E-state index contributed by atoms with van der Waals surface area (Å²) in [4.78, 5) is 13.7. The molecule has 2 aromatic rings. The molecule has 0 aliphatic rings. The number of hydrogen-bond acceptors (Lipinski definition) is 4. The topological polar surface area (TPSA) is 64.8 Å². The number of rotatable bonds is 5. The number of amides is 1. The molecule has 5 heteroatoms. The minimum atomic E-state index is -0.179. The number of para-hydroxylation sites is 2. The van der Waals surface area contributed by atoms with Gasteiger partial charge in [-0.15, -0.1) is 0 Å². The number of nitrogens with two attached hydrogens (primary N) is 1. The normalized spacial score (nSPS) is 10.0. The highest BCUT2D eigenvalue weighted by atomic mass is 16.5. The molecule has 2 aromatic carbocycles. The van der Waals surface area contributed by atoms with Gasteiger partial charge in [0.2, 0.25) is 0 Å². The van der Waals surface area contributed by atoms with E-state index < -0.39 is 0 Å². The third-order valence-corrected chi connectivity index (χ3v) is 3.04. The van der Waals surface area contributed by atoms with Gasteiger partial charge in [0.05, 0.1) is 12.8 Å². The molecule has 2 rings (SSSR count). The molecular formula is C16H18N2O3. The fourth-order valence-corrected chi connectivity index (χ4v) is 1.89. The van der Waals surface area contributed by atoms with E-state index in [0.717, 1.165) is 0 Å². The molecule has 0 saturated carbocycles. The number of nitrogen functional groups attached to an aromatic ring is 1. The Labute approximate surface area is 123 Å². The Morgan fingerprint density at radius 2 is 1.95 bits per heavy atom. The van der Waals surface area contributed by atoms with Gasteiger partial charge < -0.3 is 20.1 Å². The molecule has 21 heavy (non-hydrogen) atoms. The molecule has 0 radical (unpaired) electrons. The zero-order chi connectivity index (χ0) is 15.2. The van der Waals surface area contributed by atoms with Crippen LogP contribution in [0, 0.1) is 0 Å². The SMILES string of the molecule is COc1ccccc1N(C)C(=O)COc1cccc(N)c1. The van der Waals surface area contributed by atoms with Gasteiger partial charge in [0, 0.05) is 18.8 Å². The molecular weight excluding hydrogens is 268 g/mol. The van der Waals surface area contributed by atoms with Gasteiger partial charge in [-0.3, -0.25) is 4.79 Å². The van der Waals surface area contributed by atoms with Crippen LogP contribution < -0.4 is 20.1 Å². The van der Waals surface area contributed by atoms with E-state index >= 15 is 0 Å². The van der Waals surface area contributed by atoms with Gasteiger partial charge in [-0.1, -0.05) is 18.2 Å². The zero-order valence-corrected chi connectivity index (χ0v) is 12.1. The van der Waals surface area contributed by atoms with Gasteiger partial charge in [-0.05, 0) is 24.3 Å². The van der Waals surface area contributed by atoms with Crippen LogP contribution >= 0.6 is 0 Å². The van der Waals surface area contributed by atoms with Gasteiger partial charge in [-0.2, -0.15) is 0 Å². The Bertz CT molecular complexity index is 628. The highest BCUT2D eigenvalue weighted by molar-refractivity contribution is 5.95. The van der Waals surface area contributed by atoms with Crippen molar-refractivity contribution in [2.45, 2.75) is 0 Å². The van der Waals surface area contributed by atoms with Crippen molar-refractivity contribution in [3.05, 3.63) is 48.5 Å². The van der Waals surface area contributed by atoms with Crippen molar-refractivity contribution in [3.63, 3.8) is 0 Å². The van der Waals surface area contributed by atoms with Gasteiger partial charge in [0.15, 0.2) is 6.61 Å². The van der Waals surface area contributed by atoms with E-state index in [0.29, 0.717) is 22.9 Å². The Morgan fingerprint density at radius 3 is 2.67 bits per heavy atom. The van der Waals surface area contributed by atoms with Crippen LogP contribution in [0.15, 0.2) is 48.5 Å². The van der Waals surface area contributed by atoms with Crippen LogP contribution in [-0.4, -0.2) is 26.7 Å². The second-order valence-corrected chi connectivity index (χ2v) is 4.49. The largest absolute Gasteiger partial charge is 0.495 e. The first-order valence-corrected chi connectivity index (χ1v) is 6.49. The molecule has 2 N–H and O–H groups in total. The van der Waals surface area contributed by atoms with Crippen LogP contribution in [0.5, 0.6) is 11.5 Å². The number of methoxy groups -OCH3 is 1. The van der Waals surface area contributed by atoms with E-state index in [-0.39, 0.29) is 12.5 Å². The lowest BCUT2D eigenvalue weighted by Gasteiger charge is -2.20. The van der Waals surface area contributed by atoms with Gasteiger partial charge >= 0.3 is 0 Å². The first kappa shape index (κ1) is 14.7. The maximum atomic E-state index is 12.2. The van der Waals surface area contributed by atoms with Gasteiger partial charge in [0.1, 0.15) is 11.5 Å². The number of hydrogen-bond donors (Lipinski definition) is 1. The fraction of sp³-hybridized carbons (Fsp3) is 0.188. The molecule has 0 fully saturated rings. The van der Waals surface area contributed by atoms with E-state index in [4.69, 9.17) is 15.2 Å². The summed E-state index contributed by atoms with van der Waals surface area (Å²) in [5.41, 5.74) is 6.95. The van der Waals surface area contributed by atoms with E-state index in [9.17, 15) is 4.79 Å². The Kier molecular flexibility index (Phi) is 4.66. The maximum absolute atomic E-state index is 12.2. The van der Waals surface area contributed by atoms with Crippen molar-refractivity contribution < 1.29 is 14.3 Å². The average molecular weight is 286 g/mol. The summed E-state index contributed by atoms with van der Waals surface area (Å²) < 4.78 is 10.7. The lowest BCUT2D eigenvalue weighted by Crippen LogP contribution is -2.31. The van der Waals surface area contributed by atoms with E-state index in [2.05, 4.69) is 0 Å². The second kappa shape index (κ2) is 6.65. The van der Waals surface area contributed by atoms with Crippen molar-refractivity contribution in [1.82, 2.24) is 0 Å². The lowest BCUT2D eigenvalue weighted by molar-refractivity contribution is -0.120. The summed E-state index contributed by atoms with van der Waals surface area (Å²) in [5, 5.41) is 0. The number of benzene rings is 2. The standard InChI is InChI=1S/C16H18N2O3/c1-18(14-8-3-4-9-15(14)20-2)16(19)11-21-13-7-5-6-12(17)10-13/h3-10H,11,17H2,1-2H3. The van der Waals surface area contributed by atoms with Gasteiger partial charge in [-0.25, -0.2) is 0 Å². The van der Waals surface area contributed by atoms with Crippen LogP contribution in [0.3, 0.4) is 0 Å². The Balaban J connectivity index is 2.03.